The maximum atomic E-state index is 12.3. The molecular formula is C20H28O4. The van der Waals surface area contributed by atoms with Crippen molar-refractivity contribution in [2.45, 2.75) is 53.4 Å². The van der Waals surface area contributed by atoms with Crippen LogP contribution in [0.25, 0.3) is 0 Å². The van der Waals surface area contributed by atoms with Crippen molar-refractivity contribution in [3.63, 3.8) is 0 Å². The third kappa shape index (κ3) is 6.65. The molecule has 132 valence electrons. The second-order valence-corrected chi connectivity index (χ2v) is 6.44. The molecule has 24 heavy (non-hydrogen) atoms. The van der Waals surface area contributed by atoms with E-state index in [0.29, 0.717) is 12.8 Å². The molecule has 4 heteroatoms. The van der Waals surface area contributed by atoms with Crippen LogP contribution in [-0.2, 0) is 32.0 Å². The number of ketones is 2. The van der Waals surface area contributed by atoms with E-state index in [1.54, 1.807) is 27.7 Å². The Morgan fingerprint density at radius 1 is 1.04 bits per heavy atom. The normalized spacial score (nSPS) is 12.0. The summed E-state index contributed by atoms with van der Waals surface area (Å²) in [6.07, 6.45) is 2.65. The number of ether oxygens (including phenoxy) is 1. The summed E-state index contributed by atoms with van der Waals surface area (Å²) in [6, 6.07) is 7.89. The highest BCUT2D eigenvalue weighted by atomic mass is 16.5. The SMILES string of the molecule is CCOC(=O)C(Cc1ccc(CCCC(C)=O)cc1)C(=O)C(C)C. The van der Waals surface area contributed by atoms with Crippen molar-refractivity contribution in [3.05, 3.63) is 35.4 Å². The van der Waals surface area contributed by atoms with Gasteiger partial charge in [-0.1, -0.05) is 38.1 Å². The van der Waals surface area contributed by atoms with Gasteiger partial charge in [-0.05, 0) is 44.2 Å². The van der Waals surface area contributed by atoms with Crippen LogP contribution in [0.15, 0.2) is 24.3 Å². The zero-order valence-corrected chi connectivity index (χ0v) is 15.1. The lowest BCUT2D eigenvalue weighted by molar-refractivity contribution is -0.152. The maximum absolute atomic E-state index is 12.3. The molecule has 4 nitrogen and oxygen atoms in total. The fraction of sp³-hybridized carbons (Fsp3) is 0.550. The summed E-state index contributed by atoms with van der Waals surface area (Å²) in [5.74, 6) is -1.27. The highest BCUT2D eigenvalue weighted by molar-refractivity contribution is 6.00. The lowest BCUT2D eigenvalue weighted by Gasteiger charge is -2.17. The first-order valence-corrected chi connectivity index (χ1v) is 8.62. The topological polar surface area (TPSA) is 60.4 Å². The van der Waals surface area contributed by atoms with Crippen molar-refractivity contribution in [1.29, 1.82) is 0 Å². The van der Waals surface area contributed by atoms with Gasteiger partial charge in [0.1, 0.15) is 17.5 Å². The van der Waals surface area contributed by atoms with Gasteiger partial charge in [0.25, 0.3) is 0 Å². The van der Waals surface area contributed by atoms with Crippen molar-refractivity contribution >= 4 is 17.5 Å². The van der Waals surface area contributed by atoms with E-state index >= 15 is 0 Å². The second kappa shape index (κ2) is 10.0. The summed E-state index contributed by atoms with van der Waals surface area (Å²) < 4.78 is 5.06. The van der Waals surface area contributed by atoms with Crippen LogP contribution in [0.4, 0.5) is 0 Å². The molecule has 1 rings (SSSR count). The van der Waals surface area contributed by atoms with Crippen LogP contribution < -0.4 is 0 Å². The standard InChI is InChI=1S/C20H28O4/c1-5-24-20(23)18(19(22)14(2)3)13-17-11-9-16(10-12-17)8-6-7-15(4)21/h9-12,14,18H,5-8,13H2,1-4H3. The van der Waals surface area contributed by atoms with Gasteiger partial charge < -0.3 is 9.53 Å². The Morgan fingerprint density at radius 2 is 1.62 bits per heavy atom. The third-order valence-electron chi connectivity index (χ3n) is 3.94. The van der Waals surface area contributed by atoms with Gasteiger partial charge in [0.2, 0.25) is 0 Å². The summed E-state index contributed by atoms with van der Waals surface area (Å²) in [7, 11) is 0. The van der Waals surface area contributed by atoms with Gasteiger partial charge in [-0.2, -0.15) is 0 Å². The summed E-state index contributed by atoms with van der Waals surface area (Å²) in [4.78, 5) is 35.4. The summed E-state index contributed by atoms with van der Waals surface area (Å²) in [5.41, 5.74) is 2.10. The Balaban J connectivity index is 2.74. The molecule has 0 heterocycles. The largest absolute Gasteiger partial charge is 0.465 e. The number of rotatable bonds is 10. The van der Waals surface area contributed by atoms with Crippen LogP contribution in [0.5, 0.6) is 0 Å². The fourth-order valence-electron chi connectivity index (χ4n) is 2.56. The van der Waals surface area contributed by atoms with E-state index < -0.39 is 11.9 Å². The summed E-state index contributed by atoms with van der Waals surface area (Å²) >= 11 is 0. The Labute approximate surface area is 144 Å². The predicted molar refractivity (Wildman–Crippen MR) is 93.7 cm³/mol. The van der Waals surface area contributed by atoms with Crippen LogP contribution in [0, 0.1) is 11.8 Å². The molecular weight excluding hydrogens is 304 g/mol. The lowest BCUT2D eigenvalue weighted by Crippen LogP contribution is -2.31. The first-order chi connectivity index (χ1) is 11.3. The number of esters is 1. The van der Waals surface area contributed by atoms with E-state index in [1.165, 1.54) is 0 Å². The zero-order valence-electron chi connectivity index (χ0n) is 15.1. The molecule has 0 saturated carbocycles. The minimum absolute atomic E-state index is 0.0843. The Morgan fingerprint density at radius 3 is 2.12 bits per heavy atom. The van der Waals surface area contributed by atoms with E-state index in [-0.39, 0.29) is 24.1 Å². The van der Waals surface area contributed by atoms with Gasteiger partial charge in [-0.3, -0.25) is 9.59 Å². The number of carbonyl (C=O) groups is 3. The van der Waals surface area contributed by atoms with Crippen LogP contribution in [0.3, 0.4) is 0 Å². The van der Waals surface area contributed by atoms with Crippen molar-refractivity contribution in [2.24, 2.45) is 11.8 Å². The van der Waals surface area contributed by atoms with Gasteiger partial charge in [-0.25, -0.2) is 0 Å². The molecule has 0 saturated heterocycles. The molecule has 0 amide bonds. The minimum Gasteiger partial charge on any atom is -0.465 e. The van der Waals surface area contributed by atoms with Gasteiger partial charge >= 0.3 is 5.97 Å². The first-order valence-electron chi connectivity index (χ1n) is 8.62. The predicted octanol–water partition coefficient (Wildman–Crippen LogP) is 3.55. The summed E-state index contributed by atoms with van der Waals surface area (Å²) in [5, 5.41) is 0. The van der Waals surface area contributed by atoms with Gasteiger partial charge in [0, 0.05) is 12.3 Å². The quantitative estimate of drug-likeness (QED) is 0.486. The van der Waals surface area contributed by atoms with Crippen molar-refractivity contribution in [2.75, 3.05) is 6.61 Å². The zero-order chi connectivity index (χ0) is 18.1. The average Bonchev–Trinajstić information content (AvgIpc) is 2.53. The lowest BCUT2D eigenvalue weighted by atomic mass is 9.89. The number of hydrogen-bond donors (Lipinski definition) is 0. The molecule has 0 fully saturated rings. The molecule has 0 aliphatic rings. The number of carbonyl (C=O) groups excluding carboxylic acids is 3. The molecule has 1 atom stereocenters. The Hall–Kier alpha value is -1.97. The number of hydrogen-bond acceptors (Lipinski definition) is 4. The van der Waals surface area contributed by atoms with Gasteiger partial charge in [0.05, 0.1) is 6.61 Å². The number of aryl methyl sites for hydroxylation is 1. The first kappa shape index (κ1) is 20.1. The fourth-order valence-corrected chi connectivity index (χ4v) is 2.56. The van der Waals surface area contributed by atoms with E-state index in [9.17, 15) is 14.4 Å². The number of Topliss-reactive ketones (excluding diaryl/α,β-unsaturated/α-hetero) is 2. The smallest absolute Gasteiger partial charge is 0.316 e. The van der Waals surface area contributed by atoms with Crippen LogP contribution >= 0.6 is 0 Å². The summed E-state index contributed by atoms with van der Waals surface area (Å²) in [6.45, 7) is 7.21. The number of benzene rings is 1. The molecule has 1 aromatic carbocycles. The Kier molecular flexibility index (Phi) is 8.37. The van der Waals surface area contributed by atoms with Crippen LogP contribution in [0.1, 0.15) is 51.7 Å². The van der Waals surface area contributed by atoms with Crippen molar-refractivity contribution in [3.8, 4) is 0 Å². The third-order valence-corrected chi connectivity index (χ3v) is 3.94. The average molecular weight is 332 g/mol. The van der Waals surface area contributed by atoms with Gasteiger partial charge in [-0.15, -0.1) is 0 Å². The van der Waals surface area contributed by atoms with Crippen molar-refractivity contribution in [1.82, 2.24) is 0 Å². The van der Waals surface area contributed by atoms with Crippen molar-refractivity contribution < 1.29 is 19.1 Å². The molecule has 1 aromatic rings. The molecule has 0 bridgehead atoms. The van der Waals surface area contributed by atoms with E-state index in [4.69, 9.17) is 4.74 Å². The molecule has 0 N–H and O–H groups in total. The Bertz CT molecular complexity index is 558. The second-order valence-electron chi connectivity index (χ2n) is 6.44. The van der Waals surface area contributed by atoms with Gasteiger partial charge in [0.15, 0.2) is 0 Å². The molecule has 0 aliphatic carbocycles. The minimum atomic E-state index is -0.742. The highest BCUT2D eigenvalue weighted by Crippen LogP contribution is 2.17. The highest BCUT2D eigenvalue weighted by Gasteiger charge is 2.29. The van der Waals surface area contributed by atoms with E-state index in [1.807, 2.05) is 24.3 Å². The molecule has 0 aliphatic heterocycles. The van der Waals surface area contributed by atoms with Crippen LogP contribution in [0.2, 0.25) is 0 Å². The molecule has 0 spiro atoms. The molecule has 0 aromatic heterocycles. The maximum Gasteiger partial charge on any atom is 0.316 e. The molecule has 1 unspecified atom stereocenters. The molecule has 0 radical (unpaired) electrons. The monoisotopic (exact) mass is 332 g/mol. The van der Waals surface area contributed by atoms with Crippen LogP contribution in [-0.4, -0.2) is 24.1 Å². The van der Waals surface area contributed by atoms with E-state index in [0.717, 1.165) is 24.0 Å². The van der Waals surface area contributed by atoms with E-state index in [2.05, 4.69) is 0 Å².